The Bertz CT molecular complexity index is 875. The maximum atomic E-state index is 12.8. The zero-order valence-electron chi connectivity index (χ0n) is 16.1. The van der Waals surface area contributed by atoms with Gasteiger partial charge >= 0.3 is 0 Å². The Morgan fingerprint density at radius 3 is 2.68 bits per heavy atom. The van der Waals surface area contributed by atoms with Crippen molar-refractivity contribution < 1.29 is 19.1 Å². The lowest BCUT2D eigenvalue weighted by Gasteiger charge is -2.25. The van der Waals surface area contributed by atoms with Crippen LogP contribution in [0.1, 0.15) is 58.3 Å². The summed E-state index contributed by atoms with van der Waals surface area (Å²) in [7, 11) is 0. The molecule has 1 atom stereocenters. The van der Waals surface area contributed by atoms with Crippen molar-refractivity contribution in [3.63, 3.8) is 0 Å². The van der Waals surface area contributed by atoms with Crippen LogP contribution < -0.4 is 9.47 Å². The van der Waals surface area contributed by atoms with E-state index in [0.29, 0.717) is 13.2 Å². The molecule has 1 amide bonds. The number of carbonyl (C=O) groups excluding carboxylic acids is 2. The summed E-state index contributed by atoms with van der Waals surface area (Å²) in [6.07, 6.45) is 3.31. The minimum atomic E-state index is 0.0451. The minimum Gasteiger partial charge on any atom is -0.490 e. The molecule has 0 unspecified atom stereocenters. The van der Waals surface area contributed by atoms with E-state index in [-0.39, 0.29) is 30.6 Å². The zero-order chi connectivity index (χ0) is 19.5. The van der Waals surface area contributed by atoms with E-state index in [4.69, 9.17) is 9.47 Å². The fourth-order valence-corrected chi connectivity index (χ4v) is 4.71. The van der Waals surface area contributed by atoms with Crippen LogP contribution in [0.2, 0.25) is 0 Å². The van der Waals surface area contributed by atoms with Crippen LogP contribution in [0, 0.1) is 6.92 Å². The van der Waals surface area contributed by atoms with E-state index < -0.39 is 0 Å². The standard InChI is InChI=1S/C22H25NO4S/c1-15-5-9-21(28-15)18(24)7-10-22(25)23-11-2-4-17(23)16-6-8-19-20(14-16)27-13-3-12-26-19/h5-6,8-9,14,17H,2-4,7,10-13H2,1H3/t17-/m1/s1. The van der Waals surface area contributed by atoms with Crippen LogP contribution in [-0.4, -0.2) is 36.3 Å². The Hall–Kier alpha value is -2.34. The number of rotatable bonds is 5. The summed E-state index contributed by atoms with van der Waals surface area (Å²) in [5.41, 5.74) is 1.08. The van der Waals surface area contributed by atoms with Crippen LogP contribution in [0.5, 0.6) is 11.5 Å². The lowest BCUT2D eigenvalue weighted by Crippen LogP contribution is -2.30. The van der Waals surface area contributed by atoms with Crippen molar-refractivity contribution in [1.29, 1.82) is 0 Å². The third kappa shape index (κ3) is 4.07. The summed E-state index contributed by atoms with van der Waals surface area (Å²) in [6.45, 7) is 4.03. The molecule has 2 aliphatic heterocycles. The number of amides is 1. The molecule has 4 rings (SSSR count). The molecule has 28 heavy (non-hydrogen) atoms. The van der Waals surface area contributed by atoms with E-state index in [0.717, 1.165) is 52.6 Å². The molecule has 2 aromatic rings. The molecule has 0 spiro atoms. The van der Waals surface area contributed by atoms with Crippen molar-refractivity contribution in [1.82, 2.24) is 4.90 Å². The first kappa shape index (κ1) is 19.0. The number of hydrogen-bond donors (Lipinski definition) is 0. The topological polar surface area (TPSA) is 55.8 Å². The first-order valence-electron chi connectivity index (χ1n) is 9.90. The normalized spacial score (nSPS) is 18.8. The highest BCUT2D eigenvalue weighted by Gasteiger charge is 2.30. The van der Waals surface area contributed by atoms with Gasteiger partial charge in [0.1, 0.15) is 0 Å². The molecule has 5 nitrogen and oxygen atoms in total. The van der Waals surface area contributed by atoms with Gasteiger partial charge < -0.3 is 14.4 Å². The molecule has 148 valence electrons. The van der Waals surface area contributed by atoms with Gasteiger partial charge in [-0.05, 0) is 49.6 Å². The van der Waals surface area contributed by atoms with Gasteiger partial charge in [0, 0.05) is 30.7 Å². The Labute approximate surface area is 169 Å². The SMILES string of the molecule is Cc1ccc(C(=O)CCC(=O)N2CCC[C@@H]2c2ccc3c(c2)OCCCO3)s1. The highest BCUT2D eigenvalue weighted by molar-refractivity contribution is 7.14. The second-order valence-corrected chi connectivity index (χ2v) is 8.62. The quantitative estimate of drug-likeness (QED) is 0.693. The first-order chi connectivity index (χ1) is 13.6. The van der Waals surface area contributed by atoms with Gasteiger partial charge in [-0.2, -0.15) is 0 Å². The second kappa shape index (κ2) is 8.35. The van der Waals surface area contributed by atoms with Crippen molar-refractivity contribution in [3.8, 4) is 11.5 Å². The monoisotopic (exact) mass is 399 g/mol. The van der Waals surface area contributed by atoms with E-state index in [1.165, 1.54) is 11.3 Å². The van der Waals surface area contributed by atoms with Crippen molar-refractivity contribution in [2.24, 2.45) is 0 Å². The third-order valence-corrected chi connectivity index (χ3v) is 6.35. The van der Waals surface area contributed by atoms with Crippen LogP contribution in [-0.2, 0) is 4.79 Å². The Kier molecular flexibility index (Phi) is 5.67. The highest BCUT2D eigenvalue weighted by atomic mass is 32.1. The number of aryl methyl sites for hydroxylation is 1. The molecule has 3 heterocycles. The summed E-state index contributed by atoms with van der Waals surface area (Å²) in [6, 6.07) is 9.83. The highest BCUT2D eigenvalue weighted by Crippen LogP contribution is 2.38. The van der Waals surface area contributed by atoms with Crippen LogP contribution in [0.4, 0.5) is 0 Å². The molecule has 0 aliphatic carbocycles. The van der Waals surface area contributed by atoms with Crippen molar-refractivity contribution in [2.75, 3.05) is 19.8 Å². The minimum absolute atomic E-state index is 0.0451. The van der Waals surface area contributed by atoms with Crippen molar-refractivity contribution in [2.45, 2.75) is 45.1 Å². The van der Waals surface area contributed by atoms with Gasteiger partial charge in [0.2, 0.25) is 5.91 Å². The Morgan fingerprint density at radius 2 is 1.89 bits per heavy atom. The van der Waals surface area contributed by atoms with Crippen molar-refractivity contribution in [3.05, 3.63) is 45.6 Å². The Morgan fingerprint density at radius 1 is 1.07 bits per heavy atom. The van der Waals surface area contributed by atoms with Crippen LogP contribution in [0.25, 0.3) is 0 Å². The van der Waals surface area contributed by atoms with Crippen LogP contribution in [0.15, 0.2) is 30.3 Å². The van der Waals surface area contributed by atoms with Gasteiger partial charge in [-0.1, -0.05) is 6.07 Å². The fourth-order valence-electron chi connectivity index (χ4n) is 3.87. The van der Waals surface area contributed by atoms with Gasteiger partial charge in [-0.25, -0.2) is 0 Å². The summed E-state index contributed by atoms with van der Waals surface area (Å²) in [5, 5.41) is 0. The van der Waals surface area contributed by atoms with E-state index >= 15 is 0 Å². The summed E-state index contributed by atoms with van der Waals surface area (Å²) >= 11 is 1.49. The maximum absolute atomic E-state index is 12.8. The molecule has 0 N–H and O–H groups in total. The molecule has 2 aliphatic rings. The first-order valence-corrected chi connectivity index (χ1v) is 10.7. The molecule has 6 heteroatoms. The smallest absolute Gasteiger partial charge is 0.223 e. The van der Waals surface area contributed by atoms with Gasteiger partial charge in [0.05, 0.1) is 24.1 Å². The molecule has 1 fully saturated rings. The molecule has 1 aromatic heterocycles. The largest absolute Gasteiger partial charge is 0.490 e. The number of ether oxygens (including phenoxy) is 2. The average molecular weight is 400 g/mol. The number of nitrogens with zero attached hydrogens (tertiary/aromatic N) is 1. The summed E-state index contributed by atoms with van der Waals surface area (Å²) in [5.74, 6) is 1.64. The zero-order valence-corrected chi connectivity index (χ0v) is 16.9. The van der Waals surface area contributed by atoms with Crippen molar-refractivity contribution >= 4 is 23.0 Å². The molecule has 0 saturated carbocycles. The van der Waals surface area contributed by atoms with Gasteiger partial charge in [0.15, 0.2) is 17.3 Å². The van der Waals surface area contributed by atoms with Crippen LogP contribution >= 0.6 is 11.3 Å². The van der Waals surface area contributed by atoms with E-state index in [1.807, 2.05) is 42.2 Å². The number of hydrogen-bond acceptors (Lipinski definition) is 5. The van der Waals surface area contributed by atoms with Crippen LogP contribution in [0.3, 0.4) is 0 Å². The predicted molar refractivity (Wildman–Crippen MR) is 108 cm³/mol. The second-order valence-electron chi connectivity index (χ2n) is 7.34. The lowest BCUT2D eigenvalue weighted by atomic mass is 10.0. The Balaban J connectivity index is 1.42. The van der Waals surface area contributed by atoms with Gasteiger partial charge in [-0.3, -0.25) is 9.59 Å². The number of thiophene rings is 1. The molecule has 0 radical (unpaired) electrons. The number of Topliss-reactive ketones (excluding diaryl/α,β-unsaturated/α-hetero) is 1. The fraction of sp³-hybridized carbons (Fsp3) is 0.455. The molecule has 0 bridgehead atoms. The van der Waals surface area contributed by atoms with Gasteiger partial charge in [-0.15, -0.1) is 11.3 Å². The molecule has 1 saturated heterocycles. The average Bonchev–Trinajstić information content (AvgIpc) is 3.29. The summed E-state index contributed by atoms with van der Waals surface area (Å²) in [4.78, 5) is 28.9. The van der Waals surface area contributed by atoms with Gasteiger partial charge in [0.25, 0.3) is 0 Å². The number of likely N-dealkylation sites (tertiary alicyclic amines) is 1. The predicted octanol–water partition coefficient (Wildman–Crippen LogP) is 4.54. The summed E-state index contributed by atoms with van der Waals surface area (Å²) < 4.78 is 11.5. The van der Waals surface area contributed by atoms with E-state index in [1.54, 1.807) is 0 Å². The van der Waals surface area contributed by atoms with E-state index in [9.17, 15) is 9.59 Å². The molecular weight excluding hydrogens is 374 g/mol. The maximum Gasteiger partial charge on any atom is 0.223 e. The number of benzene rings is 1. The number of carbonyl (C=O) groups is 2. The third-order valence-electron chi connectivity index (χ3n) is 5.31. The molecule has 1 aromatic carbocycles. The number of ketones is 1. The molecular formula is C22H25NO4S. The number of fused-ring (bicyclic) bond motifs is 1. The lowest BCUT2D eigenvalue weighted by molar-refractivity contribution is -0.132. The van der Waals surface area contributed by atoms with E-state index in [2.05, 4.69) is 0 Å².